The molecule has 0 aliphatic rings. The van der Waals surface area contributed by atoms with Gasteiger partial charge in [0.2, 0.25) is 11.8 Å². The standard InChI is InChI=1S/C19H22N2O2/c1-13-8-10-15(11-9-13)19(3,4)18(23)21-17-7-5-6-16(12-17)20-14(2)22/h5-12H,1-4H3,(H,20,22)(H,21,23). The molecule has 0 spiro atoms. The zero-order chi connectivity index (χ0) is 17.0. The summed E-state index contributed by atoms with van der Waals surface area (Å²) >= 11 is 0. The molecule has 0 saturated carbocycles. The largest absolute Gasteiger partial charge is 0.326 e. The van der Waals surface area contributed by atoms with Gasteiger partial charge in [-0.05, 0) is 44.5 Å². The highest BCUT2D eigenvalue weighted by Crippen LogP contribution is 2.26. The van der Waals surface area contributed by atoms with E-state index in [1.165, 1.54) is 6.92 Å². The van der Waals surface area contributed by atoms with E-state index in [2.05, 4.69) is 10.6 Å². The number of amides is 2. The Morgan fingerprint density at radius 3 is 2.04 bits per heavy atom. The quantitative estimate of drug-likeness (QED) is 0.900. The van der Waals surface area contributed by atoms with Gasteiger partial charge in [-0.15, -0.1) is 0 Å². The molecule has 2 rings (SSSR count). The van der Waals surface area contributed by atoms with Crippen LogP contribution in [0.1, 0.15) is 31.9 Å². The summed E-state index contributed by atoms with van der Waals surface area (Å²) in [5.41, 5.74) is 2.77. The third kappa shape index (κ3) is 4.19. The van der Waals surface area contributed by atoms with Crippen molar-refractivity contribution in [2.24, 2.45) is 0 Å². The van der Waals surface area contributed by atoms with E-state index in [0.29, 0.717) is 11.4 Å². The minimum absolute atomic E-state index is 0.0960. The average molecular weight is 310 g/mol. The van der Waals surface area contributed by atoms with Crippen LogP contribution in [0.25, 0.3) is 0 Å². The molecule has 0 radical (unpaired) electrons. The van der Waals surface area contributed by atoms with E-state index in [-0.39, 0.29) is 11.8 Å². The summed E-state index contributed by atoms with van der Waals surface area (Å²) in [6.07, 6.45) is 0. The summed E-state index contributed by atoms with van der Waals surface area (Å²) in [5, 5.41) is 5.62. The number of nitrogens with one attached hydrogen (secondary N) is 2. The lowest BCUT2D eigenvalue weighted by atomic mass is 9.83. The summed E-state index contributed by atoms with van der Waals surface area (Å²) < 4.78 is 0. The molecule has 120 valence electrons. The van der Waals surface area contributed by atoms with Crippen LogP contribution in [0.5, 0.6) is 0 Å². The lowest BCUT2D eigenvalue weighted by molar-refractivity contribution is -0.120. The lowest BCUT2D eigenvalue weighted by Gasteiger charge is -2.24. The Hall–Kier alpha value is -2.62. The highest BCUT2D eigenvalue weighted by Gasteiger charge is 2.29. The molecule has 0 aliphatic carbocycles. The van der Waals surface area contributed by atoms with E-state index in [1.54, 1.807) is 24.3 Å². The molecule has 0 bridgehead atoms. The van der Waals surface area contributed by atoms with Crippen LogP contribution in [0, 0.1) is 6.92 Å². The second-order valence-corrected chi connectivity index (χ2v) is 6.21. The Morgan fingerprint density at radius 2 is 1.48 bits per heavy atom. The van der Waals surface area contributed by atoms with Crippen LogP contribution >= 0.6 is 0 Å². The Morgan fingerprint density at radius 1 is 0.913 bits per heavy atom. The van der Waals surface area contributed by atoms with Crippen LogP contribution in [-0.2, 0) is 15.0 Å². The fraction of sp³-hybridized carbons (Fsp3) is 0.263. The summed E-state index contributed by atoms with van der Waals surface area (Å²) in [6.45, 7) is 7.26. The maximum absolute atomic E-state index is 12.7. The summed E-state index contributed by atoms with van der Waals surface area (Å²) in [4.78, 5) is 23.8. The van der Waals surface area contributed by atoms with E-state index < -0.39 is 5.41 Å². The third-order valence-corrected chi connectivity index (χ3v) is 3.78. The summed E-state index contributed by atoms with van der Waals surface area (Å²) in [5.74, 6) is -0.241. The summed E-state index contributed by atoms with van der Waals surface area (Å²) in [7, 11) is 0. The van der Waals surface area contributed by atoms with Crippen molar-refractivity contribution in [2.75, 3.05) is 10.6 Å². The number of benzene rings is 2. The fourth-order valence-corrected chi connectivity index (χ4v) is 2.27. The van der Waals surface area contributed by atoms with Crippen molar-refractivity contribution in [3.8, 4) is 0 Å². The van der Waals surface area contributed by atoms with Crippen LogP contribution < -0.4 is 10.6 Å². The van der Waals surface area contributed by atoms with Crippen molar-refractivity contribution < 1.29 is 9.59 Å². The zero-order valence-corrected chi connectivity index (χ0v) is 13.9. The van der Waals surface area contributed by atoms with E-state index in [9.17, 15) is 9.59 Å². The van der Waals surface area contributed by atoms with Gasteiger partial charge in [-0.25, -0.2) is 0 Å². The van der Waals surface area contributed by atoms with Crippen LogP contribution in [0.2, 0.25) is 0 Å². The van der Waals surface area contributed by atoms with Gasteiger partial charge in [-0.3, -0.25) is 9.59 Å². The topological polar surface area (TPSA) is 58.2 Å². The molecule has 4 nitrogen and oxygen atoms in total. The van der Waals surface area contributed by atoms with E-state index in [1.807, 2.05) is 45.0 Å². The molecule has 0 aliphatic heterocycles. The van der Waals surface area contributed by atoms with Crippen molar-refractivity contribution in [1.82, 2.24) is 0 Å². The number of carbonyl (C=O) groups is 2. The highest BCUT2D eigenvalue weighted by atomic mass is 16.2. The molecule has 0 fully saturated rings. The van der Waals surface area contributed by atoms with Crippen molar-refractivity contribution in [2.45, 2.75) is 33.1 Å². The molecule has 4 heteroatoms. The number of hydrogen-bond donors (Lipinski definition) is 2. The molecule has 23 heavy (non-hydrogen) atoms. The predicted octanol–water partition coefficient (Wildman–Crippen LogP) is 3.87. The van der Waals surface area contributed by atoms with Gasteiger partial charge in [0, 0.05) is 18.3 Å². The Labute approximate surface area is 136 Å². The van der Waals surface area contributed by atoms with Crippen LogP contribution in [0.3, 0.4) is 0 Å². The highest BCUT2D eigenvalue weighted by molar-refractivity contribution is 5.99. The number of carbonyl (C=O) groups excluding carboxylic acids is 2. The average Bonchev–Trinajstić information content (AvgIpc) is 2.47. The Bertz CT molecular complexity index is 718. The molecule has 2 aromatic carbocycles. The second-order valence-electron chi connectivity index (χ2n) is 6.21. The summed E-state index contributed by atoms with van der Waals surface area (Å²) in [6, 6.07) is 15.1. The molecule has 0 saturated heterocycles. The monoisotopic (exact) mass is 310 g/mol. The lowest BCUT2D eigenvalue weighted by Crippen LogP contribution is -2.34. The molecule has 2 N–H and O–H groups in total. The third-order valence-electron chi connectivity index (χ3n) is 3.78. The van der Waals surface area contributed by atoms with Crippen LogP contribution in [-0.4, -0.2) is 11.8 Å². The SMILES string of the molecule is CC(=O)Nc1cccc(NC(=O)C(C)(C)c2ccc(C)cc2)c1. The van der Waals surface area contributed by atoms with Crippen LogP contribution in [0.4, 0.5) is 11.4 Å². The number of anilines is 2. The Kier molecular flexibility index (Phi) is 4.84. The number of hydrogen-bond acceptors (Lipinski definition) is 2. The van der Waals surface area contributed by atoms with Gasteiger partial charge in [0.05, 0.1) is 5.41 Å². The minimum atomic E-state index is -0.655. The van der Waals surface area contributed by atoms with Gasteiger partial charge >= 0.3 is 0 Å². The fourth-order valence-electron chi connectivity index (χ4n) is 2.27. The first kappa shape index (κ1) is 16.7. The molecule has 2 aromatic rings. The van der Waals surface area contributed by atoms with E-state index in [4.69, 9.17) is 0 Å². The Balaban J connectivity index is 2.17. The van der Waals surface area contributed by atoms with Gasteiger partial charge in [-0.1, -0.05) is 35.9 Å². The molecule has 2 amide bonds. The van der Waals surface area contributed by atoms with Crippen molar-refractivity contribution in [3.63, 3.8) is 0 Å². The maximum Gasteiger partial charge on any atom is 0.234 e. The molecule has 0 atom stereocenters. The number of rotatable bonds is 4. The van der Waals surface area contributed by atoms with Crippen LogP contribution in [0.15, 0.2) is 48.5 Å². The molecule has 0 heterocycles. The first-order valence-corrected chi connectivity index (χ1v) is 7.55. The predicted molar refractivity (Wildman–Crippen MR) is 93.6 cm³/mol. The normalized spacial score (nSPS) is 11.0. The molecular formula is C19H22N2O2. The van der Waals surface area contributed by atoms with Gasteiger partial charge < -0.3 is 10.6 Å². The molecule has 0 aromatic heterocycles. The smallest absolute Gasteiger partial charge is 0.234 e. The van der Waals surface area contributed by atoms with Gasteiger partial charge in [0.25, 0.3) is 0 Å². The number of aryl methyl sites for hydroxylation is 1. The minimum Gasteiger partial charge on any atom is -0.326 e. The van der Waals surface area contributed by atoms with E-state index >= 15 is 0 Å². The molecule has 0 unspecified atom stereocenters. The van der Waals surface area contributed by atoms with Gasteiger partial charge in [0.15, 0.2) is 0 Å². The van der Waals surface area contributed by atoms with Gasteiger partial charge in [-0.2, -0.15) is 0 Å². The van der Waals surface area contributed by atoms with Crippen molar-refractivity contribution >= 4 is 23.2 Å². The first-order chi connectivity index (χ1) is 10.8. The van der Waals surface area contributed by atoms with Crippen molar-refractivity contribution in [1.29, 1.82) is 0 Å². The van der Waals surface area contributed by atoms with Crippen molar-refractivity contribution in [3.05, 3.63) is 59.7 Å². The zero-order valence-electron chi connectivity index (χ0n) is 13.9. The molecular weight excluding hydrogens is 288 g/mol. The van der Waals surface area contributed by atoms with E-state index in [0.717, 1.165) is 11.1 Å². The van der Waals surface area contributed by atoms with Gasteiger partial charge in [0.1, 0.15) is 0 Å². The second kappa shape index (κ2) is 6.65. The first-order valence-electron chi connectivity index (χ1n) is 7.55. The maximum atomic E-state index is 12.7.